The van der Waals surface area contributed by atoms with Gasteiger partial charge in [0.15, 0.2) is 12.4 Å². The van der Waals surface area contributed by atoms with Gasteiger partial charge < -0.3 is 0 Å². The maximum Gasteiger partial charge on any atom is 0.249 e. The van der Waals surface area contributed by atoms with Gasteiger partial charge in [0.05, 0.1) is 0 Å². The molecule has 0 spiro atoms. The first kappa shape index (κ1) is 11.3. The SMILES string of the molecule is CN(c1ccc[n+](C)c1)S(=O)(=O)CCl. The van der Waals surface area contributed by atoms with Crippen LogP contribution in [0, 0.1) is 0 Å². The third-order valence-corrected chi connectivity index (χ3v) is 3.99. The molecule has 0 bridgehead atoms. The lowest BCUT2D eigenvalue weighted by Crippen LogP contribution is -2.32. The highest BCUT2D eigenvalue weighted by atomic mass is 35.5. The highest BCUT2D eigenvalue weighted by Gasteiger charge is 2.18. The monoisotopic (exact) mass is 235 g/mol. The second-order valence-electron chi connectivity index (χ2n) is 2.92. The molecule has 0 N–H and O–H groups in total. The van der Waals surface area contributed by atoms with Crippen molar-refractivity contribution < 1.29 is 13.0 Å². The Morgan fingerprint density at radius 1 is 1.57 bits per heavy atom. The Labute approximate surface area is 88.8 Å². The minimum absolute atomic E-state index is 0.415. The Morgan fingerprint density at radius 2 is 2.21 bits per heavy atom. The van der Waals surface area contributed by atoms with Crippen LogP contribution in [0.5, 0.6) is 0 Å². The Hall–Kier alpha value is -0.810. The summed E-state index contributed by atoms with van der Waals surface area (Å²) in [6.07, 6.45) is 3.54. The largest absolute Gasteiger partial charge is 0.266 e. The Morgan fingerprint density at radius 3 is 2.71 bits per heavy atom. The Balaban J connectivity index is 3.07. The van der Waals surface area contributed by atoms with Gasteiger partial charge in [0.25, 0.3) is 0 Å². The number of anilines is 1. The highest BCUT2D eigenvalue weighted by molar-refractivity contribution is 7.93. The number of hydrogen-bond donors (Lipinski definition) is 0. The summed E-state index contributed by atoms with van der Waals surface area (Å²) in [6.45, 7) is 0. The van der Waals surface area contributed by atoms with Gasteiger partial charge in [-0.25, -0.2) is 13.0 Å². The molecule has 4 nitrogen and oxygen atoms in total. The van der Waals surface area contributed by atoms with Crippen LogP contribution in [0.1, 0.15) is 0 Å². The van der Waals surface area contributed by atoms with E-state index in [1.807, 2.05) is 13.2 Å². The number of sulfonamides is 1. The lowest BCUT2D eigenvalue weighted by molar-refractivity contribution is -0.670. The third-order valence-electron chi connectivity index (χ3n) is 1.84. The molecule has 0 aromatic carbocycles. The van der Waals surface area contributed by atoms with Crippen LogP contribution >= 0.6 is 11.6 Å². The Kier molecular flexibility index (Phi) is 3.34. The predicted molar refractivity (Wildman–Crippen MR) is 55.7 cm³/mol. The lowest BCUT2D eigenvalue weighted by atomic mass is 10.4. The number of aryl methyl sites for hydroxylation is 1. The van der Waals surface area contributed by atoms with Crippen LogP contribution < -0.4 is 8.87 Å². The maximum atomic E-state index is 11.4. The zero-order valence-corrected chi connectivity index (χ0v) is 9.59. The van der Waals surface area contributed by atoms with Crippen molar-refractivity contribution >= 4 is 27.3 Å². The second kappa shape index (κ2) is 4.14. The smallest absolute Gasteiger partial charge is 0.249 e. The van der Waals surface area contributed by atoms with Gasteiger partial charge in [-0.05, 0) is 6.07 Å². The zero-order valence-electron chi connectivity index (χ0n) is 8.01. The molecule has 0 aliphatic rings. The van der Waals surface area contributed by atoms with Crippen molar-refractivity contribution in [2.24, 2.45) is 7.05 Å². The van der Waals surface area contributed by atoms with Crippen LogP contribution in [0.25, 0.3) is 0 Å². The quantitative estimate of drug-likeness (QED) is 0.565. The normalized spacial score (nSPS) is 11.4. The van der Waals surface area contributed by atoms with E-state index < -0.39 is 15.2 Å². The van der Waals surface area contributed by atoms with Gasteiger partial charge in [-0.15, -0.1) is 11.6 Å². The van der Waals surface area contributed by atoms with Crippen molar-refractivity contribution in [2.75, 3.05) is 16.6 Å². The molecule has 0 aliphatic heterocycles. The molecule has 78 valence electrons. The van der Waals surface area contributed by atoms with Crippen LogP contribution in [0.3, 0.4) is 0 Å². The molecule has 0 aliphatic carbocycles. The van der Waals surface area contributed by atoms with Gasteiger partial charge in [-0.3, -0.25) is 4.31 Å². The summed E-state index contributed by atoms with van der Waals surface area (Å²) in [5, 5.41) is -0.415. The molecular weight excluding hydrogens is 224 g/mol. The number of alkyl halides is 1. The minimum Gasteiger partial charge on any atom is -0.266 e. The van der Waals surface area contributed by atoms with E-state index in [9.17, 15) is 8.42 Å². The summed E-state index contributed by atoms with van der Waals surface area (Å²) >= 11 is 5.34. The zero-order chi connectivity index (χ0) is 10.8. The van der Waals surface area contributed by atoms with Crippen molar-refractivity contribution in [3.63, 3.8) is 0 Å². The molecule has 14 heavy (non-hydrogen) atoms. The topological polar surface area (TPSA) is 41.3 Å². The van der Waals surface area contributed by atoms with Gasteiger partial charge in [-0.2, -0.15) is 0 Å². The van der Waals surface area contributed by atoms with Gasteiger partial charge in [-0.1, -0.05) is 0 Å². The average molecular weight is 236 g/mol. The van der Waals surface area contributed by atoms with E-state index in [1.54, 1.807) is 22.9 Å². The van der Waals surface area contributed by atoms with Crippen molar-refractivity contribution in [3.05, 3.63) is 24.5 Å². The molecule has 1 aromatic rings. The fraction of sp³-hybridized carbons (Fsp3) is 0.375. The van der Waals surface area contributed by atoms with E-state index in [1.165, 1.54) is 11.4 Å². The van der Waals surface area contributed by atoms with Crippen molar-refractivity contribution in [1.82, 2.24) is 0 Å². The number of hydrogen-bond acceptors (Lipinski definition) is 2. The van der Waals surface area contributed by atoms with Crippen molar-refractivity contribution in [3.8, 4) is 0 Å². The first-order valence-electron chi connectivity index (χ1n) is 3.95. The number of aromatic nitrogens is 1. The van der Waals surface area contributed by atoms with Gasteiger partial charge >= 0.3 is 0 Å². The first-order chi connectivity index (χ1) is 6.47. The van der Waals surface area contributed by atoms with Crippen LogP contribution in [-0.4, -0.2) is 20.7 Å². The minimum atomic E-state index is -3.38. The van der Waals surface area contributed by atoms with Gasteiger partial charge in [0, 0.05) is 13.1 Å². The van der Waals surface area contributed by atoms with E-state index in [0.717, 1.165) is 0 Å². The van der Waals surface area contributed by atoms with E-state index >= 15 is 0 Å². The fourth-order valence-corrected chi connectivity index (χ4v) is 2.01. The van der Waals surface area contributed by atoms with E-state index in [0.29, 0.717) is 5.69 Å². The summed E-state index contributed by atoms with van der Waals surface area (Å²) < 4.78 is 25.7. The number of halogens is 1. The third kappa shape index (κ3) is 2.36. The van der Waals surface area contributed by atoms with E-state index in [-0.39, 0.29) is 0 Å². The van der Waals surface area contributed by atoms with Crippen molar-refractivity contribution in [1.29, 1.82) is 0 Å². The fourth-order valence-electron chi connectivity index (χ4n) is 0.992. The van der Waals surface area contributed by atoms with Crippen LogP contribution in [0.2, 0.25) is 0 Å². The number of pyridine rings is 1. The molecule has 0 unspecified atom stereocenters. The molecule has 0 saturated heterocycles. The number of nitrogens with zero attached hydrogens (tertiary/aromatic N) is 2. The summed E-state index contributed by atoms with van der Waals surface area (Å²) in [5.74, 6) is 0. The molecule has 1 aromatic heterocycles. The van der Waals surface area contributed by atoms with E-state index in [2.05, 4.69) is 0 Å². The Bertz CT molecular complexity index is 419. The van der Waals surface area contributed by atoms with Crippen molar-refractivity contribution in [2.45, 2.75) is 0 Å². The lowest BCUT2D eigenvalue weighted by Gasteiger charge is -2.15. The average Bonchev–Trinajstić information content (AvgIpc) is 2.16. The van der Waals surface area contributed by atoms with Gasteiger partial charge in [0.2, 0.25) is 10.0 Å². The summed E-state index contributed by atoms with van der Waals surface area (Å²) in [4.78, 5) is 0. The molecule has 0 saturated carbocycles. The molecule has 0 fully saturated rings. The number of rotatable bonds is 3. The van der Waals surface area contributed by atoms with Crippen LogP contribution in [0.4, 0.5) is 5.69 Å². The maximum absolute atomic E-state index is 11.4. The molecule has 0 atom stereocenters. The molecule has 1 rings (SSSR count). The summed E-state index contributed by atoms with van der Waals surface area (Å²) in [6, 6.07) is 3.49. The standard InChI is InChI=1S/C8H12ClN2O2S/c1-10-5-3-4-8(6-10)11(2)14(12,13)7-9/h3-6H,7H2,1-2H3/q+1. The predicted octanol–water partition coefficient (Wildman–Crippen LogP) is 0.473. The van der Waals surface area contributed by atoms with E-state index in [4.69, 9.17) is 11.6 Å². The molecule has 1 heterocycles. The molecule has 0 radical (unpaired) electrons. The molecular formula is C8H12ClN2O2S+. The molecule has 0 amide bonds. The van der Waals surface area contributed by atoms with Gasteiger partial charge in [0.1, 0.15) is 17.9 Å². The summed E-state index contributed by atoms with van der Waals surface area (Å²) in [5.41, 5.74) is 0.593. The van der Waals surface area contributed by atoms with Crippen LogP contribution in [0.15, 0.2) is 24.5 Å². The first-order valence-corrected chi connectivity index (χ1v) is 6.09. The second-order valence-corrected chi connectivity index (χ2v) is 5.50. The van der Waals surface area contributed by atoms with Crippen LogP contribution in [-0.2, 0) is 17.1 Å². The molecule has 6 heteroatoms. The highest BCUT2D eigenvalue weighted by Crippen LogP contribution is 2.13. The summed E-state index contributed by atoms with van der Waals surface area (Å²) in [7, 11) is -0.0793.